The van der Waals surface area contributed by atoms with Crippen LogP contribution in [0.3, 0.4) is 0 Å². The van der Waals surface area contributed by atoms with E-state index in [0.717, 1.165) is 5.56 Å². The van der Waals surface area contributed by atoms with Crippen LogP contribution in [-0.4, -0.2) is 45.8 Å². The van der Waals surface area contributed by atoms with Crippen molar-refractivity contribution >= 4 is 16.0 Å². The largest absolute Gasteiger partial charge is 0.493 e. The van der Waals surface area contributed by atoms with Gasteiger partial charge in [-0.25, -0.2) is 4.39 Å². The van der Waals surface area contributed by atoms with E-state index in [1.807, 2.05) is 0 Å². The lowest BCUT2D eigenvalue weighted by Gasteiger charge is -2.23. The van der Waals surface area contributed by atoms with Crippen LogP contribution in [0.25, 0.3) is 0 Å². The second-order valence-electron chi connectivity index (χ2n) is 6.22. The van der Waals surface area contributed by atoms with Crippen molar-refractivity contribution in [3.8, 4) is 11.5 Å². The number of methoxy groups -OCH3 is 2. The van der Waals surface area contributed by atoms with E-state index in [1.165, 1.54) is 44.2 Å². The van der Waals surface area contributed by atoms with Crippen LogP contribution in [-0.2, 0) is 32.7 Å². The first-order valence-corrected chi connectivity index (χ1v) is 10.5. The molecule has 1 amide bonds. The maximum Gasteiger partial charge on any atom is 0.309 e. The lowest BCUT2D eigenvalue weighted by atomic mass is 10.1. The lowest BCUT2D eigenvalue weighted by molar-refractivity contribution is -0.136. The summed E-state index contributed by atoms with van der Waals surface area (Å²) in [6, 6.07) is 10.6. The van der Waals surface area contributed by atoms with Gasteiger partial charge in [0.2, 0.25) is 5.91 Å². The SMILES string of the molecule is CCS(=O)(=O)Oc1cc(CN(Cc2ccc(F)cc2)C(=O)COC)ccc1OC. The van der Waals surface area contributed by atoms with Crippen LogP contribution in [0.2, 0.25) is 0 Å². The highest BCUT2D eigenvalue weighted by Gasteiger charge is 2.18. The summed E-state index contributed by atoms with van der Waals surface area (Å²) in [6.45, 7) is 1.76. The monoisotopic (exact) mass is 425 g/mol. The van der Waals surface area contributed by atoms with Crippen molar-refractivity contribution in [1.82, 2.24) is 4.90 Å². The van der Waals surface area contributed by atoms with Crippen LogP contribution >= 0.6 is 0 Å². The van der Waals surface area contributed by atoms with Crippen molar-refractivity contribution in [3.63, 3.8) is 0 Å². The Balaban J connectivity index is 2.29. The van der Waals surface area contributed by atoms with Crippen LogP contribution in [0.15, 0.2) is 42.5 Å². The van der Waals surface area contributed by atoms with Crippen molar-refractivity contribution in [1.29, 1.82) is 0 Å². The molecular weight excluding hydrogens is 401 g/mol. The summed E-state index contributed by atoms with van der Waals surface area (Å²) < 4.78 is 52.1. The Hall–Kier alpha value is -2.65. The molecule has 7 nitrogen and oxygen atoms in total. The minimum atomic E-state index is -3.74. The zero-order valence-corrected chi connectivity index (χ0v) is 17.4. The summed E-state index contributed by atoms with van der Waals surface area (Å²) in [4.78, 5) is 14.0. The van der Waals surface area contributed by atoms with E-state index >= 15 is 0 Å². The highest BCUT2D eigenvalue weighted by Crippen LogP contribution is 2.30. The first-order valence-electron chi connectivity index (χ1n) is 8.88. The van der Waals surface area contributed by atoms with Crippen molar-refractivity contribution in [2.24, 2.45) is 0 Å². The summed E-state index contributed by atoms with van der Waals surface area (Å²) in [5.41, 5.74) is 1.38. The highest BCUT2D eigenvalue weighted by atomic mass is 32.2. The molecule has 0 unspecified atom stereocenters. The molecule has 0 saturated carbocycles. The molecule has 0 aliphatic carbocycles. The molecule has 0 spiro atoms. The van der Waals surface area contributed by atoms with Gasteiger partial charge in [0.1, 0.15) is 12.4 Å². The van der Waals surface area contributed by atoms with Gasteiger partial charge in [-0.3, -0.25) is 4.79 Å². The van der Waals surface area contributed by atoms with Crippen molar-refractivity contribution in [2.75, 3.05) is 26.6 Å². The molecule has 0 aromatic heterocycles. The number of nitrogens with zero attached hydrogens (tertiary/aromatic N) is 1. The molecule has 0 saturated heterocycles. The fourth-order valence-electron chi connectivity index (χ4n) is 2.56. The third-order valence-electron chi connectivity index (χ3n) is 4.08. The van der Waals surface area contributed by atoms with Crippen LogP contribution in [0, 0.1) is 5.82 Å². The van der Waals surface area contributed by atoms with Gasteiger partial charge in [0.05, 0.1) is 12.9 Å². The number of ether oxygens (including phenoxy) is 2. The van der Waals surface area contributed by atoms with Gasteiger partial charge in [0.15, 0.2) is 11.5 Å². The zero-order valence-electron chi connectivity index (χ0n) is 16.6. The number of carbonyl (C=O) groups is 1. The fourth-order valence-corrected chi connectivity index (χ4v) is 3.08. The number of hydrogen-bond acceptors (Lipinski definition) is 6. The molecule has 0 aliphatic rings. The van der Waals surface area contributed by atoms with Crippen molar-refractivity contribution in [2.45, 2.75) is 20.0 Å². The van der Waals surface area contributed by atoms with E-state index in [0.29, 0.717) is 5.56 Å². The van der Waals surface area contributed by atoms with Crippen LogP contribution < -0.4 is 8.92 Å². The summed E-state index contributed by atoms with van der Waals surface area (Å²) in [6.07, 6.45) is 0. The quantitative estimate of drug-likeness (QED) is 0.545. The van der Waals surface area contributed by atoms with Crippen molar-refractivity contribution < 1.29 is 31.3 Å². The molecule has 0 bridgehead atoms. The molecule has 2 aromatic carbocycles. The van der Waals surface area contributed by atoms with Crippen LogP contribution in [0.1, 0.15) is 18.1 Å². The Kier molecular flexibility index (Phi) is 7.98. The molecule has 0 fully saturated rings. The molecule has 0 radical (unpaired) electrons. The standard InChI is InChI=1S/C20H24FNO6S/c1-4-29(24,25)28-19-11-16(7-10-18(19)27-3)13-22(20(23)14-26-2)12-15-5-8-17(21)9-6-15/h5-11H,4,12-14H2,1-3H3. The molecular formula is C20H24FNO6S. The van der Waals surface area contributed by atoms with Crippen LogP contribution in [0.5, 0.6) is 11.5 Å². The second-order valence-corrected chi connectivity index (χ2v) is 8.08. The molecule has 2 aromatic rings. The average Bonchev–Trinajstić information content (AvgIpc) is 2.69. The number of amides is 1. The first kappa shape index (κ1) is 22.6. The maximum atomic E-state index is 13.2. The third-order valence-corrected chi connectivity index (χ3v) is 5.22. The number of carbonyl (C=O) groups excluding carboxylic acids is 1. The molecule has 9 heteroatoms. The number of halogens is 1. The molecule has 2 rings (SSSR count). The summed E-state index contributed by atoms with van der Waals surface area (Å²) in [5.74, 6) is -0.510. The smallest absolute Gasteiger partial charge is 0.309 e. The predicted octanol–water partition coefficient (Wildman–Crippen LogP) is 2.74. The third kappa shape index (κ3) is 6.72. The lowest BCUT2D eigenvalue weighted by Crippen LogP contribution is -2.32. The Morgan fingerprint density at radius 3 is 2.21 bits per heavy atom. The minimum Gasteiger partial charge on any atom is -0.493 e. The van der Waals surface area contributed by atoms with Crippen LogP contribution in [0.4, 0.5) is 4.39 Å². The maximum absolute atomic E-state index is 13.2. The van der Waals surface area contributed by atoms with E-state index in [-0.39, 0.29) is 48.7 Å². The highest BCUT2D eigenvalue weighted by molar-refractivity contribution is 7.87. The minimum absolute atomic E-state index is 0.0489. The normalized spacial score (nSPS) is 11.2. The molecule has 0 aliphatic heterocycles. The van der Waals surface area contributed by atoms with Gasteiger partial charge < -0.3 is 18.6 Å². The van der Waals surface area contributed by atoms with E-state index in [4.69, 9.17) is 13.7 Å². The number of benzene rings is 2. The van der Waals surface area contributed by atoms with E-state index in [2.05, 4.69) is 0 Å². The van der Waals surface area contributed by atoms with E-state index in [1.54, 1.807) is 24.3 Å². The van der Waals surface area contributed by atoms with Gasteiger partial charge in [-0.15, -0.1) is 0 Å². The fraction of sp³-hybridized carbons (Fsp3) is 0.350. The second kappa shape index (κ2) is 10.2. The van der Waals surface area contributed by atoms with Gasteiger partial charge >= 0.3 is 10.1 Å². The Morgan fingerprint density at radius 2 is 1.62 bits per heavy atom. The van der Waals surface area contributed by atoms with Gasteiger partial charge in [0.25, 0.3) is 0 Å². The van der Waals surface area contributed by atoms with Crippen molar-refractivity contribution in [3.05, 3.63) is 59.4 Å². The van der Waals surface area contributed by atoms with E-state index < -0.39 is 10.1 Å². The molecule has 158 valence electrons. The first-order chi connectivity index (χ1) is 13.8. The molecule has 0 atom stereocenters. The zero-order chi connectivity index (χ0) is 21.4. The van der Waals surface area contributed by atoms with Gasteiger partial charge in [-0.2, -0.15) is 8.42 Å². The Labute approximate surface area is 170 Å². The summed E-state index contributed by atoms with van der Waals surface area (Å²) in [5, 5.41) is 0. The summed E-state index contributed by atoms with van der Waals surface area (Å²) >= 11 is 0. The van der Waals surface area contributed by atoms with Gasteiger partial charge in [-0.05, 0) is 42.3 Å². The Morgan fingerprint density at radius 1 is 1.00 bits per heavy atom. The number of rotatable bonds is 10. The predicted molar refractivity (Wildman–Crippen MR) is 106 cm³/mol. The average molecular weight is 425 g/mol. The number of hydrogen-bond donors (Lipinski definition) is 0. The molecule has 0 N–H and O–H groups in total. The van der Waals surface area contributed by atoms with E-state index in [9.17, 15) is 17.6 Å². The molecule has 29 heavy (non-hydrogen) atoms. The Bertz CT molecular complexity index is 930. The van der Waals surface area contributed by atoms with Gasteiger partial charge in [0, 0.05) is 20.2 Å². The summed E-state index contributed by atoms with van der Waals surface area (Å²) in [7, 11) is -0.918. The van der Waals surface area contributed by atoms with Gasteiger partial charge in [-0.1, -0.05) is 18.2 Å². The topological polar surface area (TPSA) is 82.1 Å². The molecule has 0 heterocycles.